The van der Waals surface area contributed by atoms with E-state index in [1.807, 2.05) is 26.0 Å². The van der Waals surface area contributed by atoms with Crippen molar-refractivity contribution in [1.82, 2.24) is 15.6 Å². The van der Waals surface area contributed by atoms with Crippen molar-refractivity contribution in [3.63, 3.8) is 0 Å². The number of carbonyl (C=O) groups is 2. The number of pyridine rings is 1. The number of hydrogen-bond donors (Lipinski definition) is 2. The maximum atomic E-state index is 12.2. The molecule has 0 aliphatic rings. The monoisotopic (exact) mass is 327 g/mol. The van der Waals surface area contributed by atoms with Crippen LogP contribution in [0.3, 0.4) is 0 Å². The first kappa shape index (κ1) is 17.5. The molecule has 24 heavy (non-hydrogen) atoms. The van der Waals surface area contributed by atoms with Gasteiger partial charge < -0.3 is 15.4 Å². The van der Waals surface area contributed by atoms with Crippen molar-refractivity contribution in [2.45, 2.75) is 19.9 Å². The van der Waals surface area contributed by atoms with Crippen molar-refractivity contribution >= 4 is 11.8 Å². The Balaban J connectivity index is 2.09. The Bertz CT molecular complexity index is 729. The summed E-state index contributed by atoms with van der Waals surface area (Å²) in [6.45, 7) is 3.68. The summed E-state index contributed by atoms with van der Waals surface area (Å²) in [5, 5.41) is 5.34. The number of hydrogen-bond acceptors (Lipinski definition) is 4. The highest BCUT2D eigenvalue weighted by Crippen LogP contribution is 2.23. The summed E-state index contributed by atoms with van der Waals surface area (Å²) in [6.07, 6.45) is 3.32. The van der Waals surface area contributed by atoms with Gasteiger partial charge in [0.15, 0.2) is 0 Å². The first-order valence-electron chi connectivity index (χ1n) is 7.66. The average molecular weight is 327 g/mol. The van der Waals surface area contributed by atoms with E-state index < -0.39 is 0 Å². The van der Waals surface area contributed by atoms with Crippen molar-refractivity contribution in [1.29, 1.82) is 0 Å². The predicted molar refractivity (Wildman–Crippen MR) is 91.8 cm³/mol. The third-order valence-electron chi connectivity index (χ3n) is 3.27. The number of benzene rings is 1. The zero-order chi connectivity index (χ0) is 17.5. The van der Waals surface area contributed by atoms with E-state index in [4.69, 9.17) is 4.74 Å². The Labute approximate surface area is 141 Å². The van der Waals surface area contributed by atoms with Crippen molar-refractivity contribution in [2.24, 2.45) is 0 Å². The fourth-order valence-electron chi connectivity index (χ4n) is 2.16. The first-order valence-corrected chi connectivity index (χ1v) is 7.66. The van der Waals surface area contributed by atoms with Gasteiger partial charge in [-0.2, -0.15) is 0 Å². The van der Waals surface area contributed by atoms with E-state index in [1.54, 1.807) is 37.7 Å². The number of ether oxygens (including phenoxy) is 1. The Hall–Kier alpha value is -2.89. The lowest BCUT2D eigenvalue weighted by atomic mass is 10.0. The summed E-state index contributed by atoms with van der Waals surface area (Å²) in [5.74, 6) is 0.130. The highest BCUT2D eigenvalue weighted by Gasteiger charge is 2.10. The zero-order valence-electron chi connectivity index (χ0n) is 14.0. The smallest absolute Gasteiger partial charge is 0.251 e. The van der Waals surface area contributed by atoms with Crippen LogP contribution in [0.15, 0.2) is 42.7 Å². The van der Waals surface area contributed by atoms with Gasteiger partial charge in [0.1, 0.15) is 5.75 Å². The largest absolute Gasteiger partial charge is 0.495 e. The number of amides is 2. The van der Waals surface area contributed by atoms with Crippen LogP contribution in [-0.2, 0) is 4.79 Å². The fourth-order valence-corrected chi connectivity index (χ4v) is 2.16. The van der Waals surface area contributed by atoms with Gasteiger partial charge >= 0.3 is 0 Å². The maximum absolute atomic E-state index is 12.2. The van der Waals surface area contributed by atoms with E-state index >= 15 is 0 Å². The van der Waals surface area contributed by atoms with E-state index in [-0.39, 0.29) is 24.4 Å². The van der Waals surface area contributed by atoms with Gasteiger partial charge in [0, 0.05) is 23.4 Å². The number of carbonyl (C=O) groups excluding carboxylic acids is 2. The molecule has 1 heterocycles. The molecule has 2 N–H and O–H groups in total. The number of aromatic nitrogens is 1. The van der Waals surface area contributed by atoms with Crippen LogP contribution in [0.4, 0.5) is 0 Å². The predicted octanol–water partition coefficient (Wildman–Crippen LogP) is 2.01. The van der Waals surface area contributed by atoms with Gasteiger partial charge in [0.2, 0.25) is 5.91 Å². The Kier molecular flexibility index (Phi) is 5.89. The normalized spacial score (nSPS) is 10.3. The van der Waals surface area contributed by atoms with Crippen LogP contribution >= 0.6 is 0 Å². The highest BCUT2D eigenvalue weighted by molar-refractivity contribution is 5.97. The summed E-state index contributed by atoms with van der Waals surface area (Å²) >= 11 is 0. The molecule has 2 amide bonds. The van der Waals surface area contributed by atoms with Crippen molar-refractivity contribution in [2.75, 3.05) is 13.7 Å². The average Bonchev–Trinajstić information content (AvgIpc) is 2.59. The third-order valence-corrected chi connectivity index (χ3v) is 3.27. The molecule has 0 radical (unpaired) electrons. The quantitative estimate of drug-likeness (QED) is 0.850. The second-order valence-electron chi connectivity index (χ2n) is 5.60. The van der Waals surface area contributed by atoms with Crippen LogP contribution in [0, 0.1) is 0 Å². The SMILES string of the molecule is COc1cncc(-c2cccc(C(=O)NCC(=O)NC(C)C)c2)c1. The van der Waals surface area contributed by atoms with Crippen molar-refractivity contribution in [3.05, 3.63) is 48.3 Å². The molecule has 0 spiro atoms. The third kappa shape index (κ3) is 4.81. The van der Waals surface area contributed by atoms with Crippen molar-refractivity contribution in [3.8, 4) is 16.9 Å². The molecule has 2 aromatic rings. The summed E-state index contributed by atoms with van der Waals surface area (Å²) in [7, 11) is 1.58. The molecule has 126 valence electrons. The van der Waals surface area contributed by atoms with Gasteiger partial charge in [-0.05, 0) is 37.6 Å². The van der Waals surface area contributed by atoms with E-state index in [2.05, 4.69) is 15.6 Å². The van der Waals surface area contributed by atoms with Crippen LogP contribution < -0.4 is 15.4 Å². The standard InChI is InChI=1S/C18H21N3O3/c1-12(2)21-17(22)11-20-18(23)14-6-4-5-13(7-14)15-8-16(24-3)10-19-9-15/h4-10,12H,11H2,1-3H3,(H,20,23)(H,21,22). The molecule has 0 saturated carbocycles. The Morgan fingerprint density at radius 2 is 1.96 bits per heavy atom. The van der Waals surface area contributed by atoms with E-state index in [9.17, 15) is 9.59 Å². The van der Waals surface area contributed by atoms with E-state index in [1.165, 1.54) is 0 Å². The van der Waals surface area contributed by atoms with Crippen LogP contribution in [0.2, 0.25) is 0 Å². The minimum Gasteiger partial charge on any atom is -0.495 e. The number of nitrogens with one attached hydrogen (secondary N) is 2. The molecule has 1 aromatic carbocycles. The molecular weight excluding hydrogens is 306 g/mol. The lowest BCUT2D eigenvalue weighted by Crippen LogP contribution is -2.39. The first-order chi connectivity index (χ1) is 11.5. The molecule has 0 fully saturated rings. The number of methoxy groups -OCH3 is 1. The molecule has 6 heteroatoms. The molecular formula is C18H21N3O3. The fraction of sp³-hybridized carbons (Fsp3) is 0.278. The summed E-state index contributed by atoms with van der Waals surface area (Å²) in [4.78, 5) is 27.9. The van der Waals surface area contributed by atoms with Gasteiger partial charge in [0.05, 0.1) is 19.9 Å². The lowest BCUT2D eigenvalue weighted by Gasteiger charge is -2.10. The minimum absolute atomic E-state index is 0.0401. The Morgan fingerprint density at radius 3 is 2.67 bits per heavy atom. The molecule has 2 rings (SSSR count). The van der Waals surface area contributed by atoms with Gasteiger partial charge in [0.25, 0.3) is 5.91 Å². The zero-order valence-corrected chi connectivity index (χ0v) is 14.0. The summed E-state index contributed by atoms with van der Waals surface area (Å²) < 4.78 is 5.16. The van der Waals surface area contributed by atoms with Gasteiger partial charge in [-0.3, -0.25) is 14.6 Å². The molecule has 0 bridgehead atoms. The minimum atomic E-state index is -0.299. The number of rotatable bonds is 6. The maximum Gasteiger partial charge on any atom is 0.251 e. The van der Waals surface area contributed by atoms with Crippen LogP contribution in [0.1, 0.15) is 24.2 Å². The molecule has 0 saturated heterocycles. The van der Waals surface area contributed by atoms with Gasteiger partial charge in [-0.1, -0.05) is 12.1 Å². The second kappa shape index (κ2) is 8.10. The van der Waals surface area contributed by atoms with Crippen LogP contribution in [0.25, 0.3) is 11.1 Å². The molecule has 1 aromatic heterocycles. The van der Waals surface area contributed by atoms with Crippen molar-refractivity contribution < 1.29 is 14.3 Å². The van der Waals surface area contributed by atoms with E-state index in [0.717, 1.165) is 11.1 Å². The molecule has 6 nitrogen and oxygen atoms in total. The second-order valence-corrected chi connectivity index (χ2v) is 5.60. The van der Waals surface area contributed by atoms with Gasteiger partial charge in [-0.25, -0.2) is 0 Å². The highest BCUT2D eigenvalue weighted by atomic mass is 16.5. The summed E-state index contributed by atoms with van der Waals surface area (Å²) in [6, 6.07) is 9.02. The summed E-state index contributed by atoms with van der Waals surface area (Å²) in [5.41, 5.74) is 2.18. The lowest BCUT2D eigenvalue weighted by molar-refractivity contribution is -0.120. The molecule has 0 atom stereocenters. The topological polar surface area (TPSA) is 80.3 Å². The molecule has 0 aliphatic carbocycles. The van der Waals surface area contributed by atoms with Crippen LogP contribution in [0.5, 0.6) is 5.75 Å². The molecule has 0 unspecified atom stereocenters. The van der Waals surface area contributed by atoms with Gasteiger partial charge in [-0.15, -0.1) is 0 Å². The number of nitrogens with zero attached hydrogens (tertiary/aromatic N) is 1. The molecule has 0 aliphatic heterocycles. The Morgan fingerprint density at radius 1 is 1.17 bits per heavy atom. The van der Waals surface area contributed by atoms with E-state index in [0.29, 0.717) is 11.3 Å². The van der Waals surface area contributed by atoms with Crippen LogP contribution in [-0.4, -0.2) is 36.5 Å².